The van der Waals surface area contributed by atoms with E-state index in [4.69, 9.17) is 15.4 Å². The lowest BCUT2D eigenvalue weighted by Crippen LogP contribution is -2.35. The quantitative estimate of drug-likeness (QED) is 0.855. The summed E-state index contributed by atoms with van der Waals surface area (Å²) in [4.78, 5) is 12.8. The Labute approximate surface area is 126 Å². The number of halogens is 1. The molecule has 0 aliphatic carbocycles. The third-order valence-corrected chi connectivity index (χ3v) is 6.58. The molecule has 1 fully saturated rings. The van der Waals surface area contributed by atoms with Crippen LogP contribution in [0.25, 0.3) is 0 Å². The molecule has 8 heteroatoms. The van der Waals surface area contributed by atoms with Gasteiger partial charge < -0.3 is 10.1 Å². The van der Waals surface area contributed by atoms with Crippen LogP contribution < -0.4 is 5.32 Å². The minimum atomic E-state index is -3.70. The van der Waals surface area contributed by atoms with Crippen molar-refractivity contribution in [1.82, 2.24) is 5.32 Å². The first kappa shape index (κ1) is 15.8. The SMILES string of the molecule is CC(NC(=O)C1CCOCC1)c1ccc(S(=O)(=O)Cl)s1. The van der Waals surface area contributed by atoms with Crippen molar-refractivity contribution >= 4 is 37.0 Å². The van der Waals surface area contributed by atoms with Gasteiger partial charge in [0.25, 0.3) is 9.05 Å². The number of hydrogen-bond acceptors (Lipinski definition) is 5. The highest BCUT2D eigenvalue weighted by Crippen LogP contribution is 2.29. The highest BCUT2D eigenvalue weighted by molar-refractivity contribution is 8.15. The minimum absolute atomic E-state index is 0.00974. The van der Waals surface area contributed by atoms with E-state index in [2.05, 4.69) is 5.32 Å². The van der Waals surface area contributed by atoms with Gasteiger partial charge in [0.2, 0.25) is 5.91 Å². The third kappa shape index (κ3) is 3.94. The number of ether oxygens (including phenoxy) is 1. The van der Waals surface area contributed by atoms with Crippen LogP contribution in [0.3, 0.4) is 0 Å². The average Bonchev–Trinajstić information content (AvgIpc) is 2.89. The number of nitrogens with one attached hydrogen (secondary N) is 1. The summed E-state index contributed by atoms with van der Waals surface area (Å²) in [5.41, 5.74) is 0. The van der Waals surface area contributed by atoms with Gasteiger partial charge in [-0.2, -0.15) is 0 Å². The molecule has 1 aliphatic rings. The van der Waals surface area contributed by atoms with E-state index in [1.54, 1.807) is 6.07 Å². The first-order valence-electron chi connectivity index (χ1n) is 6.30. The van der Waals surface area contributed by atoms with Crippen molar-refractivity contribution in [3.8, 4) is 0 Å². The molecule has 1 N–H and O–H groups in total. The van der Waals surface area contributed by atoms with Gasteiger partial charge in [-0.3, -0.25) is 4.79 Å². The van der Waals surface area contributed by atoms with Crippen LogP contribution in [0.15, 0.2) is 16.3 Å². The zero-order chi connectivity index (χ0) is 14.8. The average molecular weight is 338 g/mol. The molecule has 1 amide bonds. The van der Waals surface area contributed by atoms with Crippen molar-refractivity contribution < 1.29 is 17.9 Å². The Morgan fingerprint density at radius 1 is 1.45 bits per heavy atom. The molecule has 1 aliphatic heterocycles. The standard InChI is InChI=1S/C12H16ClNO4S2/c1-8(10-2-3-11(19-10)20(13,16)17)14-12(15)9-4-6-18-7-5-9/h2-3,8-9H,4-7H2,1H3,(H,14,15). The van der Waals surface area contributed by atoms with Gasteiger partial charge in [0.15, 0.2) is 0 Å². The molecule has 1 unspecified atom stereocenters. The maximum atomic E-state index is 12.1. The predicted octanol–water partition coefficient (Wildman–Crippen LogP) is 2.28. The lowest BCUT2D eigenvalue weighted by molar-refractivity contribution is -0.128. The van der Waals surface area contributed by atoms with Gasteiger partial charge in [-0.15, -0.1) is 11.3 Å². The maximum Gasteiger partial charge on any atom is 0.270 e. The first-order chi connectivity index (χ1) is 9.38. The molecular weight excluding hydrogens is 322 g/mol. The minimum Gasteiger partial charge on any atom is -0.381 e. The molecule has 2 heterocycles. The number of rotatable bonds is 4. The van der Waals surface area contributed by atoms with Crippen molar-refractivity contribution in [2.75, 3.05) is 13.2 Å². The van der Waals surface area contributed by atoms with Crippen molar-refractivity contribution in [2.24, 2.45) is 5.92 Å². The van der Waals surface area contributed by atoms with Crippen molar-refractivity contribution in [1.29, 1.82) is 0 Å². The molecule has 0 saturated carbocycles. The highest BCUT2D eigenvalue weighted by atomic mass is 35.7. The van der Waals surface area contributed by atoms with Crippen LogP contribution in [0.4, 0.5) is 0 Å². The second kappa shape index (κ2) is 6.43. The summed E-state index contributed by atoms with van der Waals surface area (Å²) >= 11 is 1.08. The molecule has 0 spiro atoms. The molecule has 0 radical (unpaired) electrons. The van der Waals surface area contributed by atoms with E-state index in [-0.39, 0.29) is 22.1 Å². The molecule has 1 aromatic rings. The Balaban J connectivity index is 1.99. The lowest BCUT2D eigenvalue weighted by Gasteiger charge is -2.23. The van der Waals surface area contributed by atoms with Crippen LogP contribution in [0, 0.1) is 5.92 Å². The number of carbonyl (C=O) groups is 1. The Hall–Kier alpha value is -0.630. The third-order valence-electron chi connectivity index (χ3n) is 3.22. The van der Waals surface area contributed by atoms with Crippen LogP contribution in [0.1, 0.15) is 30.7 Å². The van der Waals surface area contributed by atoms with E-state index in [0.29, 0.717) is 13.2 Å². The highest BCUT2D eigenvalue weighted by Gasteiger charge is 2.24. The molecule has 20 heavy (non-hydrogen) atoms. The summed E-state index contributed by atoms with van der Waals surface area (Å²) in [7, 11) is 1.58. The smallest absolute Gasteiger partial charge is 0.270 e. The Morgan fingerprint density at radius 3 is 2.65 bits per heavy atom. The van der Waals surface area contributed by atoms with E-state index < -0.39 is 9.05 Å². The summed E-state index contributed by atoms with van der Waals surface area (Å²) in [5, 5.41) is 2.91. The molecule has 2 rings (SSSR count). The first-order valence-corrected chi connectivity index (χ1v) is 9.43. The number of thiophene rings is 1. The molecule has 5 nitrogen and oxygen atoms in total. The van der Waals surface area contributed by atoms with Gasteiger partial charge in [0.05, 0.1) is 6.04 Å². The van der Waals surface area contributed by atoms with Crippen LogP contribution in [0.5, 0.6) is 0 Å². The molecular formula is C12H16ClNO4S2. The van der Waals surface area contributed by atoms with Crippen LogP contribution in [0.2, 0.25) is 0 Å². The Kier molecular flexibility index (Phi) is 5.06. The Bertz CT molecular complexity index is 578. The summed E-state index contributed by atoms with van der Waals surface area (Å²) in [6.07, 6.45) is 1.45. The van der Waals surface area contributed by atoms with E-state index in [1.807, 2.05) is 6.92 Å². The number of carbonyl (C=O) groups excluding carboxylic acids is 1. The summed E-state index contributed by atoms with van der Waals surface area (Å²) in [5.74, 6) is -0.0353. The second-order valence-electron chi connectivity index (χ2n) is 4.71. The van der Waals surface area contributed by atoms with Gasteiger partial charge in [0, 0.05) is 34.7 Å². The molecule has 1 aromatic heterocycles. The van der Waals surface area contributed by atoms with Gasteiger partial charge in [-0.05, 0) is 31.9 Å². The van der Waals surface area contributed by atoms with E-state index >= 15 is 0 Å². The van der Waals surface area contributed by atoms with Crippen molar-refractivity contribution in [3.05, 3.63) is 17.0 Å². The fraction of sp³-hybridized carbons (Fsp3) is 0.583. The number of amides is 1. The molecule has 0 aromatic carbocycles. The van der Waals surface area contributed by atoms with Crippen molar-refractivity contribution in [2.45, 2.75) is 30.0 Å². The van der Waals surface area contributed by atoms with Crippen LogP contribution in [-0.2, 0) is 18.6 Å². The van der Waals surface area contributed by atoms with E-state index in [1.165, 1.54) is 6.07 Å². The van der Waals surface area contributed by atoms with Crippen molar-refractivity contribution in [3.63, 3.8) is 0 Å². The second-order valence-corrected chi connectivity index (χ2v) is 8.62. The normalized spacial score (nSPS) is 18.7. The maximum absolute atomic E-state index is 12.1. The van der Waals surface area contributed by atoms with E-state index in [9.17, 15) is 13.2 Å². The molecule has 1 saturated heterocycles. The Morgan fingerprint density at radius 2 is 2.10 bits per heavy atom. The van der Waals surface area contributed by atoms with Crippen LogP contribution in [-0.4, -0.2) is 27.5 Å². The zero-order valence-electron chi connectivity index (χ0n) is 11.0. The molecule has 0 bridgehead atoms. The van der Waals surface area contributed by atoms with E-state index in [0.717, 1.165) is 29.1 Å². The largest absolute Gasteiger partial charge is 0.381 e. The van der Waals surface area contributed by atoms with Crippen LogP contribution >= 0.6 is 22.0 Å². The fourth-order valence-electron chi connectivity index (χ4n) is 2.06. The lowest BCUT2D eigenvalue weighted by atomic mass is 9.99. The number of hydrogen-bond donors (Lipinski definition) is 1. The molecule has 1 atom stereocenters. The van der Waals surface area contributed by atoms with Gasteiger partial charge in [-0.25, -0.2) is 8.42 Å². The summed E-state index contributed by atoms with van der Waals surface area (Å²) in [6.45, 7) is 3.05. The zero-order valence-corrected chi connectivity index (χ0v) is 13.4. The van der Waals surface area contributed by atoms with Gasteiger partial charge in [-0.1, -0.05) is 0 Å². The molecule has 112 valence electrons. The monoisotopic (exact) mass is 337 g/mol. The summed E-state index contributed by atoms with van der Waals surface area (Å²) < 4.78 is 27.7. The van der Waals surface area contributed by atoms with Gasteiger partial charge in [0.1, 0.15) is 4.21 Å². The summed E-state index contributed by atoms with van der Waals surface area (Å²) in [6, 6.07) is 2.90. The predicted molar refractivity (Wildman–Crippen MR) is 77.5 cm³/mol. The topological polar surface area (TPSA) is 72.5 Å². The van der Waals surface area contributed by atoms with Gasteiger partial charge >= 0.3 is 0 Å². The fourth-order valence-corrected chi connectivity index (χ4v) is 4.16.